The average Bonchev–Trinajstić information content (AvgIpc) is 2.67. The molecule has 0 radical (unpaired) electrons. The highest BCUT2D eigenvalue weighted by atomic mass is 16.6. The van der Waals surface area contributed by atoms with Crippen LogP contribution in [-0.4, -0.2) is 50.8 Å². The quantitative estimate of drug-likeness (QED) is 0.843. The highest BCUT2D eigenvalue weighted by molar-refractivity contribution is 5.65. The molecular weight excluding hydrogens is 300 g/mol. The molecule has 2 heterocycles. The van der Waals surface area contributed by atoms with Gasteiger partial charge < -0.3 is 14.4 Å². The molecule has 1 aromatic rings. The number of hydrogen-bond acceptors (Lipinski definition) is 4. The van der Waals surface area contributed by atoms with Gasteiger partial charge in [0, 0.05) is 26.2 Å². The monoisotopic (exact) mass is 330 g/mol. The maximum atomic E-state index is 5.88. The Labute approximate surface area is 145 Å². The molecule has 2 aliphatic heterocycles. The number of hydrogen-bond donors (Lipinski definition) is 0. The zero-order chi connectivity index (χ0) is 16.2. The Morgan fingerprint density at radius 3 is 2.54 bits per heavy atom. The summed E-state index contributed by atoms with van der Waals surface area (Å²) in [7, 11) is 0. The first-order valence-corrected chi connectivity index (χ1v) is 9.76. The van der Waals surface area contributed by atoms with Crippen molar-refractivity contribution in [2.24, 2.45) is 5.92 Å². The van der Waals surface area contributed by atoms with Gasteiger partial charge in [0.2, 0.25) is 0 Å². The summed E-state index contributed by atoms with van der Waals surface area (Å²) in [6.45, 7) is 7.10. The van der Waals surface area contributed by atoms with E-state index in [1.165, 1.54) is 50.8 Å². The normalized spacial score (nSPS) is 22.6. The molecule has 4 nitrogen and oxygen atoms in total. The van der Waals surface area contributed by atoms with Gasteiger partial charge in [-0.2, -0.15) is 0 Å². The second-order valence-electron chi connectivity index (χ2n) is 7.42. The minimum Gasteiger partial charge on any atom is -0.486 e. The maximum absolute atomic E-state index is 5.88. The van der Waals surface area contributed by atoms with Crippen LogP contribution < -0.4 is 14.4 Å². The van der Waals surface area contributed by atoms with Gasteiger partial charge in [-0.25, -0.2) is 0 Å². The summed E-state index contributed by atoms with van der Waals surface area (Å²) in [4.78, 5) is 5.11. The third-order valence-corrected chi connectivity index (χ3v) is 5.84. The second-order valence-corrected chi connectivity index (χ2v) is 7.42. The van der Waals surface area contributed by atoms with Gasteiger partial charge in [-0.05, 0) is 31.0 Å². The number of anilines is 1. The first-order chi connectivity index (χ1) is 11.9. The number of fused-ring (bicyclic) bond motifs is 1. The Balaban J connectivity index is 1.30. The van der Waals surface area contributed by atoms with E-state index in [2.05, 4.69) is 21.9 Å². The topological polar surface area (TPSA) is 24.9 Å². The third-order valence-electron chi connectivity index (χ3n) is 5.84. The van der Waals surface area contributed by atoms with E-state index in [4.69, 9.17) is 9.47 Å². The van der Waals surface area contributed by atoms with Crippen molar-refractivity contribution in [3.8, 4) is 11.5 Å². The lowest BCUT2D eigenvalue weighted by Gasteiger charge is -2.38. The lowest BCUT2D eigenvalue weighted by molar-refractivity contribution is 0.171. The molecule has 4 rings (SSSR count). The Kier molecular flexibility index (Phi) is 5.12. The lowest BCUT2D eigenvalue weighted by atomic mass is 9.87. The molecule has 3 aliphatic rings. The zero-order valence-corrected chi connectivity index (χ0v) is 14.7. The maximum Gasteiger partial charge on any atom is 0.184 e. The minimum absolute atomic E-state index is 0.658. The van der Waals surface area contributed by atoms with Crippen LogP contribution in [0.5, 0.6) is 11.5 Å². The second kappa shape index (κ2) is 7.64. The predicted octanol–water partition coefficient (Wildman–Crippen LogP) is 3.55. The van der Waals surface area contributed by atoms with Gasteiger partial charge in [0.25, 0.3) is 0 Å². The van der Waals surface area contributed by atoms with Crippen LogP contribution in [0.3, 0.4) is 0 Å². The molecule has 1 saturated heterocycles. The van der Waals surface area contributed by atoms with Crippen molar-refractivity contribution in [3.63, 3.8) is 0 Å². The summed E-state index contributed by atoms with van der Waals surface area (Å²) in [5.74, 6) is 2.83. The molecule has 24 heavy (non-hydrogen) atoms. The van der Waals surface area contributed by atoms with Crippen molar-refractivity contribution in [2.75, 3.05) is 50.8 Å². The molecule has 0 unspecified atom stereocenters. The molecule has 4 heteroatoms. The van der Waals surface area contributed by atoms with Crippen molar-refractivity contribution >= 4 is 5.69 Å². The van der Waals surface area contributed by atoms with Crippen molar-refractivity contribution in [1.29, 1.82) is 0 Å². The first-order valence-electron chi connectivity index (χ1n) is 9.76. The van der Waals surface area contributed by atoms with E-state index < -0.39 is 0 Å². The van der Waals surface area contributed by atoms with E-state index in [0.29, 0.717) is 13.2 Å². The number of nitrogens with zero attached hydrogens (tertiary/aromatic N) is 2. The van der Waals surface area contributed by atoms with E-state index in [-0.39, 0.29) is 0 Å². The molecule has 0 amide bonds. The summed E-state index contributed by atoms with van der Waals surface area (Å²) in [6.07, 6.45) is 8.71. The lowest BCUT2D eigenvalue weighted by Crippen LogP contribution is -2.47. The largest absolute Gasteiger partial charge is 0.486 e. The van der Waals surface area contributed by atoms with Crippen molar-refractivity contribution < 1.29 is 9.47 Å². The molecule has 132 valence electrons. The molecular formula is C20H30N2O2. The van der Waals surface area contributed by atoms with Gasteiger partial charge in [-0.3, -0.25) is 4.90 Å². The molecule has 1 aliphatic carbocycles. The molecule has 0 atom stereocenters. The van der Waals surface area contributed by atoms with Crippen LogP contribution in [0.25, 0.3) is 0 Å². The summed E-state index contributed by atoms with van der Waals surface area (Å²) in [6, 6.07) is 6.27. The Morgan fingerprint density at radius 1 is 0.917 bits per heavy atom. The van der Waals surface area contributed by atoms with Gasteiger partial charge in [0.1, 0.15) is 13.2 Å². The van der Waals surface area contributed by atoms with E-state index in [1.807, 2.05) is 6.07 Å². The van der Waals surface area contributed by atoms with Crippen LogP contribution in [0.15, 0.2) is 18.2 Å². The summed E-state index contributed by atoms with van der Waals surface area (Å²) in [5.41, 5.74) is 1.21. The molecule has 0 N–H and O–H groups in total. The van der Waals surface area contributed by atoms with Crippen LogP contribution >= 0.6 is 0 Å². The van der Waals surface area contributed by atoms with Crippen LogP contribution in [0.2, 0.25) is 0 Å². The van der Waals surface area contributed by atoms with Crippen molar-refractivity contribution in [2.45, 2.75) is 38.5 Å². The Hall–Kier alpha value is -1.42. The van der Waals surface area contributed by atoms with Gasteiger partial charge in [-0.1, -0.05) is 38.2 Å². The number of rotatable bonds is 4. The number of piperazine rings is 1. The number of benzene rings is 1. The Bertz CT molecular complexity index is 534. The van der Waals surface area contributed by atoms with Crippen molar-refractivity contribution in [1.82, 2.24) is 4.90 Å². The summed E-state index contributed by atoms with van der Waals surface area (Å²) in [5, 5.41) is 0. The summed E-state index contributed by atoms with van der Waals surface area (Å²) >= 11 is 0. The highest BCUT2D eigenvalue weighted by Crippen LogP contribution is 2.39. The van der Waals surface area contributed by atoms with E-state index in [0.717, 1.165) is 43.6 Å². The third kappa shape index (κ3) is 3.64. The molecule has 0 bridgehead atoms. The fraction of sp³-hybridized carbons (Fsp3) is 0.700. The van der Waals surface area contributed by atoms with Crippen LogP contribution in [-0.2, 0) is 0 Å². The van der Waals surface area contributed by atoms with Crippen molar-refractivity contribution in [3.05, 3.63) is 18.2 Å². The fourth-order valence-corrected chi connectivity index (χ4v) is 4.36. The average molecular weight is 330 g/mol. The molecule has 0 spiro atoms. The van der Waals surface area contributed by atoms with Gasteiger partial charge >= 0.3 is 0 Å². The smallest absolute Gasteiger partial charge is 0.184 e. The van der Waals surface area contributed by atoms with E-state index >= 15 is 0 Å². The number of para-hydroxylation sites is 1. The number of ether oxygens (including phenoxy) is 2. The van der Waals surface area contributed by atoms with E-state index in [1.54, 1.807) is 0 Å². The SMILES string of the molecule is c1cc2c(c(N3CCN(CCC4CCCCC4)CC3)c1)OCCO2. The zero-order valence-electron chi connectivity index (χ0n) is 14.7. The standard InChI is InChI=1S/C20H30N2O2/c1-2-5-17(6-3-1)9-10-21-11-13-22(14-12-21)18-7-4-8-19-20(18)24-16-15-23-19/h4,7-8,17H,1-3,5-6,9-16H2. The summed E-state index contributed by atoms with van der Waals surface area (Å²) < 4.78 is 11.6. The van der Waals surface area contributed by atoms with Crippen LogP contribution in [0.4, 0.5) is 5.69 Å². The van der Waals surface area contributed by atoms with Gasteiger partial charge in [0.15, 0.2) is 11.5 Å². The molecule has 1 saturated carbocycles. The molecule has 2 fully saturated rings. The van der Waals surface area contributed by atoms with E-state index in [9.17, 15) is 0 Å². The minimum atomic E-state index is 0.658. The molecule has 1 aromatic carbocycles. The highest BCUT2D eigenvalue weighted by Gasteiger charge is 2.24. The van der Waals surface area contributed by atoms with Gasteiger partial charge in [-0.15, -0.1) is 0 Å². The van der Waals surface area contributed by atoms with Gasteiger partial charge in [0.05, 0.1) is 5.69 Å². The fourth-order valence-electron chi connectivity index (χ4n) is 4.36. The predicted molar refractivity (Wildman–Crippen MR) is 97.3 cm³/mol. The molecule has 0 aromatic heterocycles. The van der Waals surface area contributed by atoms with Crippen LogP contribution in [0.1, 0.15) is 38.5 Å². The first kappa shape index (κ1) is 16.1. The van der Waals surface area contributed by atoms with Crippen LogP contribution in [0, 0.1) is 5.92 Å². The Morgan fingerprint density at radius 2 is 1.71 bits per heavy atom.